The van der Waals surface area contributed by atoms with E-state index in [4.69, 9.17) is 9.84 Å². The maximum absolute atomic E-state index is 8.90. The lowest BCUT2D eigenvalue weighted by molar-refractivity contribution is 0.0881. The zero-order valence-electron chi connectivity index (χ0n) is 20.5. The van der Waals surface area contributed by atoms with E-state index in [0.717, 1.165) is 50.9 Å². The Hall–Kier alpha value is -1.76. The van der Waals surface area contributed by atoms with Gasteiger partial charge in [-0.3, -0.25) is 4.90 Å². The summed E-state index contributed by atoms with van der Waals surface area (Å²) in [5.41, 5.74) is 4.12. The third-order valence-corrected chi connectivity index (χ3v) is 7.25. The number of hydrogen-bond donors (Lipinski definition) is 2. The number of aliphatic hydroxyl groups excluding tert-OH is 1. The topological polar surface area (TPSA) is 69.5 Å². The average Bonchev–Trinajstić information content (AvgIpc) is 2.78. The molecule has 0 aromatic heterocycles. The van der Waals surface area contributed by atoms with Crippen LogP contribution < -0.4 is 5.32 Å². The molecular formula is C26H42N4O2. The molecule has 0 amide bonds. The van der Waals surface area contributed by atoms with Crippen molar-refractivity contribution in [3.63, 3.8) is 0 Å². The third-order valence-electron chi connectivity index (χ3n) is 7.25. The van der Waals surface area contributed by atoms with Crippen LogP contribution in [0.5, 0.6) is 0 Å². The molecule has 0 bridgehead atoms. The molecule has 0 atom stereocenters. The Bertz CT molecular complexity index is 795. The molecule has 2 N–H and O–H groups in total. The number of ether oxygens (including phenoxy) is 1. The van der Waals surface area contributed by atoms with Crippen LogP contribution in [0, 0.1) is 0 Å². The van der Waals surface area contributed by atoms with E-state index in [0.29, 0.717) is 18.7 Å². The maximum Gasteiger partial charge on any atom is 0.242 e. The number of unbranched alkanes of at least 4 members (excludes halogenated alkanes) is 1. The van der Waals surface area contributed by atoms with Crippen LogP contribution in [-0.4, -0.2) is 61.6 Å². The monoisotopic (exact) mass is 442 g/mol. The van der Waals surface area contributed by atoms with Gasteiger partial charge in [-0.15, -0.1) is 5.10 Å². The smallest absolute Gasteiger partial charge is 0.242 e. The molecule has 0 radical (unpaired) electrons. The zero-order chi connectivity index (χ0) is 23.2. The van der Waals surface area contributed by atoms with Crippen LogP contribution in [0.3, 0.4) is 0 Å². The lowest BCUT2D eigenvalue weighted by atomic mass is 9.63. The van der Waals surface area contributed by atoms with E-state index < -0.39 is 0 Å². The van der Waals surface area contributed by atoms with Crippen molar-refractivity contribution in [1.29, 1.82) is 0 Å². The van der Waals surface area contributed by atoms with Crippen LogP contribution in [0.25, 0.3) is 0 Å². The molecule has 1 saturated heterocycles. The van der Waals surface area contributed by atoms with Crippen LogP contribution >= 0.6 is 0 Å². The highest BCUT2D eigenvalue weighted by Crippen LogP contribution is 2.45. The van der Waals surface area contributed by atoms with Gasteiger partial charge in [-0.1, -0.05) is 33.8 Å². The Morgan fingerprint density at radius 3 is 2.47 bits per heavy atom. The molecule has 1 heterocycles. The lowest BCUT2D eigenvalue weighted by Crippen LogP contribution is -2.43. The van der Waals surface area contributed by atoms with E-state index >= 15 is 0 Å². The number of piperidine rings is 1. The van der Waals surface area contributed by atoms with Crippen LogP contribution in [-0.2, 0) is 15.6 Å². The number of fused-ring (bicyclic) bond motifs is 1. The van der Waals surface area contributed by atoms with Gasteiger partial charge in [-0.2, -0.15) is 5.10 Å². The molecule has 32 heavy (non-hydrogen) atoms. The van der Waals surface area contributed by atoms with Crippen molar-refractivity contribution in [2.75, 3.05) is 33.0 Å². The fourth-order valence-electron chi connectivity index (χ4n) is 4.92. The molecule has 2 aliphatic rings. The molecule has 6 heteroatoms. The Kier molecular flexibility index (Phi) is 8.48. The van der Waals surface area contributed by atoms with Crippen molar-refractivity contribution in [2.45, 2.75) is 83.1 Å². The standard InChI is InChI=1S/C26H42N4O2/c1-25(2)12-13-26(3,4)23-18-20(8-9-22(23)25)24(29-27-5)32-19-30-15-10-21(11-16-30)28-14-6-7-17-31/h8-9,18,21,28,31H,5-7,10-17,19H2,1-4H3/b29-24-. The lowest BCUT2D eigenvalue weighted by Gasteiger charge is -2.42. The number of nitrogens with zero attached hydrogens (tertiary/aromatic N) is 3. The van der Waals surface area contributed by atoms with Crippen LogP contribution in [0.1, 0.15) is 82.9 Å². The predicted octanol–water partition coefficient (Wildman–Crippen LogP) is 4.20. The second-order valence-corrected chi connectivity index (χ2v) is 10.6. The Labute approximate surface area is 194 Å². The van der Waals surface area contributed by atoms with Gasteiger partial charge in [0, 0.05) is 38.0 Å². The van der Waals surface area contributed by atoms with Gasteiger partial charge in [-0.25, -0.2) is 0 Å². The molecule has 6 nitrogen and oxygen atoms in total. The summed E-state index contributed by atoms with van der Waals surface area (Å²) in [6.45, 7) is 16.7. The average molecular weight is 443 g/mol. The molecule has 0 spiro atoms. The molecule has 3 rings (SSSR count). The molecule has 1 aromatic rings. The van der Waals surface area contributed by atoms with Crippen molar-refractivity contribution in [2.24, 2.45) is 10.2 Å². The zero-order valence-corrected chi connectivity index (χ0v) is 20.5. The normalized spacial score (nSPS) is 21.2. The molecule has 1 aromatic carbocycles. The predicted molar refractivity (Wildman–Crippen MR) is 133 cm³/mol. The largest absolute Gasteiger partial charge is 0.460 e. The summed E-state index contributed by atoms with van der Waals surface area (Å²) in [5, 5.41) is 20.5. The minimum atomic E-state index is 0.139. The number of likely N-dealkylation sites (tertiary alicyclic amines) is 1. The van der Waals surface area contributed by atoms with E-state index in [9.17, 15) is 0 Å². The third kappa shape index (κ3) is 6.18. The molecule has 178 valence electrons. The number of aliphatic hydroxyl groups is 1. The van der Waals surface area contributed by atoms with Gasteiger partial charge in [0.1, 0.15) is 6.73 Å². The van der Waals surface area contributed by atoms with Gasteiger partial charge in [0.2, 0.25) is 5.90 Å². The minimum Gasteiger partial charge on any atom is -0.460 e. The van der Waals surface area contributed by atoms with Crippen LogP contribution in [0.4, 0.5) is 0 Å². The quantitative estimate of drug-likeness (QED) is 0.260. The highest BCUT2D eigenvalue weighted by atomic mass is 16.5. The van der Waals surface area contributed by atoms with Crippen LogP contribution in [0.2, 0.25) is 0 Å². The van der Waals surface area contributed by atoms with Crippen molar-refractivity contribution in [3.8, 4) is 0 Å². The molecular weight excluding hydrogens is 400 g/mol. The van der Waals surface area contributed by atoms with Gasteiger partial charge in [0.25, 0.3) is 0 Å². The first-order valence-corrected chi connectivity index (χ1v) is 12.2. The Balaban J connectivity index is 1.60. The first kappa shape index (κ1) is 24.9. The van der Waals surface area contributed by atoms with E-state index in [2.05, 4.69) is 73.0 Å². The molecule has 1 aliphatic carbocycles. The highest BCUT2D eigenvalue weighted by molar-refractivity contribution is 5.94. The summed E-state index contributed by atoms with van der Waals surface area (Å²) >= 11 is 0. The Morgan fingerprint density at radius 2 is 1.81 bits per heavy atom. The van der Waals surface area contributed by atoms with Gasteiger partial charge in [-0.05, 0) is 79.2 Å². The van der Waals surface area contributed by atoms with E-state index in [1.165, 1.54) is 24.0 Å². The fraction of sp³-hybridized carbons (Fsp3) is 0.692. The maximum atomic E-state index is 8.90. The SMILES string of the molecule is C=N/N=C(\OCN1CCC(NCCCCO)CC1)c1ccc2c(c1)C(C)(C)CCC2(C)C. The number of nitrogens with one attached hydrogen (secondary N) is 1. The first-order chi connectivity index (χ1) is 15.3. The molecule has 1 fully saturated rings. The molecule has 1 aliphatic heterocycles. The van der Waals surface area contributed by atoms with E-state index in [-0.39, 0.29) is 17.4 Å². The Morgan fingerprint density at radius 1 is 1.12 bits per heavy atom. The summed E-state index contributed by atoms with van der Waals surface area (Å²) in [6, 6.07) is 7.18. The van der Waals surface area contributed by atoms with Crippen molar-refractivity contribution in [3.05, 3.63) is 34.9 Å². The number of benzene rings is 1. The number of rotatable bonds is 9. The minimum absolute atomic E-state index is 0.139. The van der Waals surface area contributed by atoms with Gasteiger partial charge < -0.3 is 15.2 Å². The molecule has 0 unspecified atom stereocenters. The van der Waals surface area contributed by atoms with Gasteiger partial charge >= 0.3 is 0 Å². The van der Waals surface area contributed by atoms with Crippen LogP contribution in [0.15, 0.2) is 28.4 Å². The number of hydrogen-bond acceptors (Lipinski definition) is 6. The fourth-order valence-corrected chi connectivity index (χ4v) is 4.92. The summed E-state index contributed by atoms with van der Waals surface area (Å²) < 4.78 is 6.16. The van der Waals surface area contributed by atoms with E-state index in [1.54, 1.807) is 0 Å². The van der Waals surface area contributed by atoms with Crippen molar-refractivity contribution >= 4 is 12.6 Å². The van der Waals surface area contributed by atoms with Crippen molar-refractivity contribution in [1.82, 2.24) is 10.2 Å². The van der Waals surface area contributed by atoms with Gasteiger partial charge in [0.05, 0.1) is 0 Å². The molecule has 0 saturated carbocycles. The van der Waals surface area contributed by atoms with Crippen molar-refractivity contribution < 1.29 is 9.84 Å². The van der Waals surface area contributed by atoms with Gasteiger partial charge in [0.15, 0.2) is 0 Å². The summed E-state index contributed by atoms with van der Waals surface area (Å²) in [4.78, 5) is 2.33. The highest BCUT2D eigenvalue weighted by Gasteiger charge is 2.37. The summed E-state index contributed by atoms with van der Waals surface area (Å²) in [7, 11) is 0. The second-order valence-electron chi connectivity index (χ2n) is 10.6. The first-order valence-electron chi connectivity index (χ1n) is 12.2. The summed E-state index contributed by atoms with van der Waals surface area (Å²) in [6.07, 6.45) is 6.49. The summed E-state index contributed by atoms with van der Waals surface area (Å²) in [5.74, 6) is 0.547. The second kappa shape index (κ2) is 10.9. The van der Waals surface area contributed by atoms with E-state index in [1.807, 2.05) is 0 Å².